The van der Waals surface area contributed by atoms with E-state index in [1.54, 1.807) is 0 Å². The highest BCUT2D eigenvalue weighted by Crippen LogP contribution is 2.07. The minimum Gasteiger partial charge on any atom is -0.380 e. The Morgan fingerprint density at radius 1 is 1.30 bits per heavy atom. The second kappa shape index (κ2) is 8.56. The van der Waals surface area contributed by atoms with E-state index in [0.717, 1.165) is 58.9 Å². The number of nitrogens with zero attached hydrogens (tertiary/aromatic N) is 2. The summed E-state index contributed by atoms with van der Waals surface area (Å²) in [5.74, 6) is 0.138. The van der Waals surface area contributed by atoms with Crippen molar-refractivity contribution in [3.05, 3.63) is 0 Å². The van der Waals surface area contributed by atoms with E-state index in [0.29, 0.717) is 13.2 Å². The minimum atomic E-state index is -0.289. The van der Waals surface area contributed by atoms with Crippen LogP contribution in [0.25, 0.3) is 0 Å². The number of hydrogen-bond acceptors (Lipinski definition) is 5. The van der Waals surface area contributed by atoms with Crippen LogP contribution in [0.4, 0.5) is 0 Å². The molecule has 2 rings (SSSR count). The van der Waals surface area contributed by atoms with E-state index in [1.807, 2.05) is 4.90 Å². The number of rotatable bonds is 6. The van der Waals surface area contributed by atoms with Crippen LogP contribution in [0.1, 0.15) is 13.3 Å². The van der Waals surface area contributed by atoms with Crippen molar-refractivity contribution in [2.45, 2.75) is 19.4 Å². The lowest BCUT2D eigenvalue weighted by atomic mass is 10.2. The molecule has 2 saturated heterocycles. The van der Waals surface area contributed by atoms with Crippen molar-refractivity contribution in [3.8, 4) is 0 Å². The quantitative estimate of drug-likeness (QED) is 0.670. The molecule has 2 heterocycles. The first-order chi connectivity index (χ1) is 9.81. The van der Waals surface area contributed by atoms with Crippen molar-refractivity contribution in [2.75, 3.05) is 65.6 Å². The Bertz CT molecular complexity index is 287. The largest absolute Gasteiger partial charge is 0.380 e. The summed E-state index contributed by atoms with van der Waals surface area (Å²) in [6.45, 7) is 10.3. The Morgan fingerprint density at radius 2 is 2.10 bits per heavy atom. The van der Waals surface area contributed by atoms with E-state index in [2.05, 4.69) is 17.1 Å². The Morgan fingerprint density at radius 3 is 2.75 bits per heavy atom. The summed E-state index contributed by atoms with van der Waals surface area (Å²) in [5, 5.41) is 3.20. The van der Waals surface area contributed by atoms with Crippen LogP contribution >= 0.6 is 0 Å². The lowest BCUT2D eigenvalue weighted by molar-refractivity contribution is -0.147. The van der Waals surface area contributed by atoms with Crippen LogP contribution in [-0.2, 0) is 14.3 Å². The third-order valence-corrected chi connectivity index (χ3v) is 3.79. The van der Waals surface area contributed by atoms with E-state index in [9.17, 15) is 4.79 Å². The second-order valence-corrected chi connectivity index (χ2v) is 5.34. The predicted molar refractivity (Wildman–Crippen MR) is 76.7 cm³/mol. The number of morpholine rings is 1. The standard InChI is InChI=1S/C14H27N3O3/c1-2-9-19-11-8-16-4-6-17(7-5-16)14(18)13-12-15-3-10-20-13/h13,15H,2-12H2,1H3/t13-/m0/s1. The molecule has 0 bridgehead atoms. The van der Waals surface area contributed by atoms with Crippen molar-refractivity contribution in [1.29, 1.82) is 0 Å². The Balaban J connectivity index is 1.64. The van der Waals surface area contributed by atoms with Gasteiger partial charge in [-0.1, -0.05) is 6.92 Å². The highest BCUT2D eigenvalue weighted by Gasteiger charge is 2.29. The maximum Gasteiger partial charge on any atom is 0.253 e. The number of carbonyl (C=O) groups is 1. The first kappa shape index (κ1) is 15.7. The molecule has 1 amide bonds. The first-order valence-electron chi connectivity index (χ1n) is 7.72. The average Bonchev–Trinajstić information content (AvgIpc) is 2.52. The molecular weight excluding hydrogens is 258 g/mol. The monoisotopic (exact) mass is 285 g/mol. The Labute approximate surface area is 121 Å². The van der Waals surface area contributed by atoms with Crippen LogP contribution in [0.15, 0.2) is 0 Å². The normalized spacial score (nSPS) is 24.9. The third kappa shape index (κ3) is 4.70. The van der Waals surface area contributed by atoms with Crippen molar-refractivity contribution >= 4 is 5.91 Å². The number of ether oxygens (including phenoxy) is 2. The molecule has 6 heteroatoms. The number of nitrogens with one attached hydrogen (secondary N) is 1. The molecule has 0 saturated carbocycles. The topological polar surface area (TPSA) is 54.0 Å². The van der Waals surface area contributed by atoms with Gasteiger partial charge in [-0.2, -0.15) is 0 Å². The van der Waals surface area contributed by atoms with Gasteiger partial charge < -0.3 is 19.7 Å². The zero-order valence-electron chi connectivity index (χ0n) is 12.5. The fourth-order valence-corrected chi connectivity index (χ4v) is 2.56. The maximum atomic E-state index is 12.3. The van der Waals surface area contributed by atoms with Crippen LogP contribution in [0.3, 0.4) is 0 Å². The molecule has 0 unspecified atom stereocenters. The zero-order valence-corrected chi connectivity index (χ0v) is 12.5. The van der Waals surface area contributed by atoms with Gasteiger partial charge in [0.25, 0.3) is 5.91 Å². The SMILES string of the molecule is CCCOCCN1CCN(C(=O)[C@@H]2CNCCO2)CC1. The fourth-order valence-electron chi connectivity index (χ4n) is 2.56. The molecule has 0 aliphatic carbocycles. The highest BCUT2D eigenvalue weighted by molar-refractivity contribution is 5.81. The van der Waals surface area contributed by atoms with E-state index in [-0.39, 0.29) is 12.0 Å². The lowest BCUT2D eigenvalue weighted by Gasteiger charge is -2.37. The fraction of sp³-hybridized carbons (Fsp3) is 0.929. The van der Waals surface area contributed by atoms with Crippen LogP contribution in [0, 0.1) is 0 Å². The summed E-state index contributed by atoms with van der Waals surface area (Å²) >= 11 is 0. The van der Waals surface area contributed by atoms with E-state index in [4.69, 9.17) is 9.47 Å². The number of piperazine rings is 1. The predicted octanol–water partition coefficient (Wildman–Crippen LogP) is -0.454. The van der Waals surface area contributed by atoms with Gasteiger partial charge in [-0.15, -0.1) is 0 Å². The number of hydrogen-bond donors (Lipinski definition) is 1. The lowest BCUT2D eigenvalue weighted by Crippen LogP contribution is -2.55. The van der Waals surface area contributed by atoms with Crippen molar-refractivity contribution in [3.63, 3.8) is 0 Å². The molecule has 2 aliphatic heterocycles. The van der Waals surface area contributed by atoms with E-state index in [1.165, 1.54) is 0 Å². The molecule has 6 nitrogen and oxygen atoms in total. The van der Waals surface area contributed by atoms with Gasteiger partial charge in [0.15, 0.2) is 0 Å². The highest BCUT2D eigenvalue weighted by atomic mass is 16.5. The van der Waals surface area contributed by atoms with Crippen LogP contribution < -0.4 is 5.32 Å². The molecule has 0 aromatic rings. The summed E-state index contributed by atoms with van der Waals surface area (Å²) in [6.07, 6.45) is 0.778. The van der Waals surface area contributed by atoms with Gasteiger partial charge >= 0.3 is 0 Å². The summed E-state index contributed by atoms with van der Waals surface area (Å²) < 4.78 is 11.0. The second-order valence-electron chi connectivity index (χ2n) is 5.34. The summed E-state index contributed by atoms with van der Waals surface area (Å²) in [4.78, 5) is 16.6. The summed E-state index contributed by atoms with van der Waals surface area (Å²) in [5.41, 5.74) is 0. The maximum absolute atomic E-state index is 12.3. The molecule has 0 aromatic carbocycles. The zero-order chi connectivity index (χ0) is 14.2. The van der Waals surface area contributed by atoms with Crippen molar-refractivity contribution in [1.82, 2.24) is 15.1 Å². The molecule has 0 radical (unpaired) electrons. The summed E-state index contributed by atoms with van der Waals surface area (Å²) in [7, 11) is 0. The van der Waals surface area contributed by atoms with Crippen molar-refractivity contribution < 1.29 is 14.3 Å². The molecular formula is C14H27N3O3. The van der Waals surface area contributed by atoms with Crippen LogP contribution in [0.2, 0.25) is 0 Å². The number of carbonyl (C=O) groups excluding carboxylic acids is 1. The molecule has 0 aromatic heterocycles. The minimum absolute atomic E-state index is 0.138. The first-order valence-corrected chi connectivity index (χ1v) is 7.72. The van der Waals surface area contributed by atoms with Gasteiger partial charge in [-0.05, 0) is 6.42 Å². The van der Waals surface area contributed by atoms with Gasteiger partial charge in [0.05, 0.1) is 13.2 Å². The Hall–Kier alpha value is -0.690. The molecule has 1 N–H and O–H groups in total. The van der Waals surface area contributed by atoms with E-state index >= 15 is 0 Å². The molecule has 20 heavy (non-hydrogen) atoms. The van der Waals surface area contributed by atoms with Crippen LogP contribution in [-0.4, -0.2) is 87.4 Å². The van der Waals surface area contributed by atoms with Gasteiger partial charge in [0.1, 0.15) is 6.10 Å². The van der Waals surface area contributed by atoms with Gasteiger partial charge in [0, 0.05) is 52.4 Å². The smallest absolute Gasteiger partial charge is 0.253 e. The summed E-state index contributed by atoms with van der Waals surface area (Å²) in [6, 6.07) is 0. The molecule has 2 aliphatic rings. The molecule has 2 fully saturated rings. The average molecular weight is 285 g/mol. The molecule has 116 valence electrons. The van der Waals surface area contributed by atoms with Gasteiger partial charge in [0.2, 0.25) is 0 Å². The Kier molecular flexibility index (Phi) is 6.72. The van der Waals surface area contributed by atoms with Gasteiger partial charge in [-0.25, -0.2) is 0 Å². The third-order valence-electron chi connectivity index (χ3n) is 3.79. The molecule has 0 spiro atoms. The van der Waals surface area contributed by atoms with Crippen LogP contribution in [0.5, 0.6) is 0 Å². The molecule has 1 atom stereocenters. The van der Waals surface area contributed by atoms with E-state index < -0.39 is 0 Å². The van der Waals surface area contributed by atoms with Gasteiger partial charge in [-0.3, -0.25) is 9.69 Å². The number of amides is 1. The van der Waals surface area contributed by atoms with Crippen molar-refractivity contribution in [2.24, 2.45) is 0 Å².